The van der Waals surface area contributed by atoms with Crippen molar-refractivity contribution in [1.82, 2.24) is 10.2 Å². The molecule has 0 unspecified atom stereocenters. The number of nitrogens with zero attached hydrogens (tertiary/aromatic N) is 2. The van der Waals surface area contributed by atoms with Gasteiger partial charge >= 0.3 is 0 Å². The van der Waals surface area contributed by atoms with Gasteiger partial charge in [0.05, 0.1) is 0 Å². The van der Waals surface area contributed by atoms with Crippen LogP contribution in [0.3, 0.4) is 0 Å². The third-order valence-electron chi connectivity index (χ3n) is 2.68. The van der Waals surface area contributed by atoms with Crippen LogP contribution in [-0.4, -0.2) is 34.0 Å². The molecule has 2 aromatic rings. The third kappa shape index (κ3) is 3.09. The molecule has 0 fully saturated rings. The Hall–Kier alpha value is -1.64. The second-order valence-corrected chi connectivity index (χ2v) is 6.20. The predicted molar refractivity (Wildman–Crippen MR) is 79.7 cm³/mol. The van der Waals surface area contributed by atoms with Gasteiger partial charge in [-0.1, -0.05) is 53.4 Å². The third-order valence-corrected chi connectivity index (χ3v) is 4.91. The number of nitrogens with one attached hydrogen (secondary N) is 1. The van der Waals surface area contributed by atoms with Crippen molar-refractivity contribution in [2.75, 3.05) is 18.1 Å². The van der Waals surface area contributed by atoms with Gasteiger partial charge in [0.15, 0.2) is 9.94 Å². The van der Waals surface area contributed by atoms with Gasteiger partial charge in [0.25, 0.3) is 5.91 Å². The van der Waals surface area contributed by atoms with Crippen LogP contribution in [0.1, 0.15) is 5.56 Å². The largest absolute Gasteiger partial charge is 0.375 e. The van der Waals surface area contributed by atoms with E-state index in [1.165, 1.54) is 23.1 Å². The van der Waals surface area contributed by atoms with E-state index in [0.717, 1.165) is 0 Å². The normalized spacial score (nSPS) is 13.7. The van der Waals surface area contributed by atoms with E-state index >= 15 is 0 Å². The molecular formula is C12H14N4O2S2. The van der Waals surface area contributed by atoms with E-state index < -0.39 is 11.5 Å². The quantitative estimate of drug-likeness (QED) is 0.689. The van der Waals surface area contributed by atoms with E-state index in [4.69, 9.17) is 5.73 Å². The Labute approximate surface area is 124 Å². The summed E-state index contributed by atoms with van der Waals surface area (Å²) in [5.74, 6) is -0.695. The number of hydrogen-bond donors (Lipinski definition) is 3. The van der Waals surface area contributed by atoms with Crippen molar-refractivity contribution in [2.24, 2.45) is 5.73 Å². The van der Waals surface area contributed by atoms with Crippen molar-refractivity contribution in [1.29, 1.82) is 0 Å². The molecule has 0 spiro atoms. The molecule has 1 aromatic heterocycles. The SMILES string of the molecule is CNc1nnc(SC[C@](O)(C(N)=O)c2ccccc2)s1. The summed E-state index contributed by atoms with van der Waals surface area (Å²) in [4.78, 5) is 11.6. The lowest BCUT2D eigenvalue weighted by Gasteiger charge is -2.24. The average molecular weight is 310 g/mol. The minimum atomic E-state index is -1.72. The molecular weight excluding hydrogens is 296 g/mol. The van der Waals surface area contributed by atoms with Crippen LogP contribution in [0.4, 0.5) is 5.13 Å². The lowest BCUT2D eigenvalue weighted by atomic mass is 9.95. The van der Waals surface area contributed by atoms with Gasteiger partial charge in [-0.3, -0.25) is 4.79 Å². The first-order chi connectivity index (χ1) is 9.56. The molecule has 0 saturated heterocycles. The van der Waals surface area contributed by atoms with E-state index in [-0.39, 0.29) is 5.75 Å². The van der Waals surface area contributed by atoms with Crippen LogP contribution in [0, 0.1) is 0 Å². The number of primary amides is 1. The number of carbonyl (C=O) groups is 1. The number of thioether (sulfide) groups is 1. The maximum absolute atomic E-state index is 11.6. The van der Waals surface area contributed by atoms with Crippen molar-refractivity contribution in [3.05, 3.63) is 35.9 Å². The highest BCUT2D eigenvalue weighted by Crippen LogP contribution is 2.32. The molecule has 4 N–H and O–H groups in total. The highest BCUT2D eigenvalue weighted by Gasteiger charge is 2.36. The van der Waals surface area contributed by atoms with Crippen molar-refractivity contribution in [3.8, 4) is 0 Å². The fourth-order valence-corrected chi connectivity index (χ4v) is 3.37. The van der Waals surface area contributed by atoms with E-state index in [9.17, 15) is 9.90 Å². The summed E-state index contributed by atoms with van der Waals surface area (Å²) in [6.07, 6.45) is 0. The molecule has 6 nitrogen and oxygen atoms in total. The second kappa shape index (κ2) is 6.21. The monoisotopic (exact) mass is 310 g/mol. The number of amides is 1. The Balaban J connectivity index is 2.16. The topological polar surface area (TPSA) is 101 Å². The van der Waals surface area contributed by atoms with Gasteiger partial charge < -0.3 is 16.2 Å². The van der Waals surface area contributed by atoms with Crippen LogP contribution in [-0.2, 0) is 10.4 Å². The number of benzene rings is 1. The van der Waals surface area contributed by atoms with Gasteiger partial charge in [-0.2, -0.15) is 0 Å². The van der Waals surface area contributed by atoms with Gasteiger partial charge in [0, 0.05) is 12.8 Å². The Morgan fingerprint density at radius 1 is 1.45 bits per heavy atom. The lowest BCUT2D eigenvalue weighted by molar-refractivity contribution is -0.134. The first-order valence-electron chi connectivity index (χ1n) is 5.78. The van der Waals surface area contributed by atoms with Gasteiger partial charge in [-0.05, 0) is 5.56 Å². The van der Waals surface area contributed by atoms with E-state index in [0.29, 0.717) is 15.0 Å². The van der Waals surface area contributed by atoms with Crippen molar-refractivity contribution >= 4 is 34.1 Å². The van der Waals surface area contributed by atoms with Crippen LogP contribution in [0.2, 0.25) is 0 Å². The Morgan fingerprint density at radius 3 is 2.70 bits per heavy atom. The van der Waals surface area contributed by atoms with Crippen molar-refractivity contribution in [2.45, 2.75) is 9.94 Å². The zero-order chi connectivity index (χ0) is 14.6. The molecule has 0 aliphatic heterocycles. The maximum Gasteiger partial charge on any atom is 0.254 e. The summed E-state index contributed by atoms with van der Waals surface area (Å²) in [6.45, 7) is 0. The molecule has 106 valence electrons. The number of anilines is 1. The van der Waals surface area contributed by atoms with Crippen molar-refractivity contribution < 1.29 is 9.90 Å². The summed E-state index contributed by atoms with van der Waals surface area (Å²) in [5, 5.41) is 21.9. The first kappa shape index (κ1) is 14.8. The molecule has 0 radical (unpaired) electrons. The molecule has 0 saturated carbocycles. The van der Waals surface area contributed by atoms with Crippen LogP contribution in [0.25, 0.3) is 0 Å². The lowest BCUT2D eigenvalue weighted by Crippen LogP contribution is -2.43. The van der Waals surface area contributed by atoms with Crippen LogP contribution in [0.15, 0.2) is 34.7 Å². The zero-order valence-electron chi connectivity index (χ0n) is 10.7. The summed E-state index contributed by atoms with van der Waals surface area (Å²) in [6, 6.07) is 8.65. The van der Waals surface area contributed by atoms with Crippen molar-refractivity contribution in [3.63, 3.8) is 0 Å². The van der Waals surface area contributed by atoms with E-state index in [1.54, 1.807) is 31.3 Å². The molecule has 0 aliphatic rings. The highest BCUT2D eigenvalue weighted by atomic mass is 32.2. The molecule has 1 atom stereocenters. The van der Waals surface area contributed by atoms with E-state index in [1.807, 2.05) is 6.07 Å². The fourth-order valence-electron chi connectivity index (χ4n) is 1.55. The number of rotatable bonds is 6. The predicted octanol–water partition coefficient (Wildman–Crippen LogP) is 1.04. The van der Waals surface area contributed by atoms with Crippen LogP contribution >= 0.6 is 23.1 Å². The molecule has 20 heavy (non-hydrogen) atoms. The maximum atomic E-state index is 11.6. The Morgan fingerprint density at radius 2 is 2.15 bits per heavy atom. The molecule has 0 bridgehead atoms. The minimum absolute atomic E-state index is 0.0880. The molecule has 2 rings (SSSR count). The minimum Gasteiger partial charge on any atom is -0.375 e. The Bertz CT molecular complexity index is 590. The summed E-state index contributed by atoms with van der Waals surface area (Å²) < 4.78 is 0.657. The highest BCUT2D eigenvalue weighted by molar-refractivity contribution is 8.01. The molecule has 1 aromatic carbocycles. The number of aliphatic hydroxyl groups is 1. The molecule has 1 amide bonds. The summed E-state index contributed by atoms with van der Waals surface area (Å²) >= 11 is 2.59. The van der Waals surface area contributed by atoms with Crippen LogP contribution < -0.4 is 11.1 Å². The van der Waals surface area contributed by atoms with Gasteiger partial charge in [0.1, 0.15) is 0 Å². The zero-order valence-corrected chi connectivity index (χ0v) is 12.4. The average Bonchev–Trinajstić information content (AvgIpc) is 2.93. The summed E-state index contributed by atoms with van der Waals surface area (Å²) in [5.41, 5.74) is 4.10. The first-order valence-corrected chi connectivity index (χ1v) is 7.58. The number of aromatic nitrogens is 2. The van der Waals surface area contributed by atoms with Gasteiger partial charge in [-0.25, -0.2) is 0 Å². The summed E-state index contributed by atoms with van der Waals surface area (Å²) in [7, 11) is 1.75. The Kier molecular flexibility index (Phi) is 4.58. The fraction of sp³-hybridized carbons (Fsp3) is 0.250. The van der Waals surface area contributed by atoms with E-state index in [2.05, 4.69) is 15.5 Å². The standard InChI is InChI=1S/C12H14N4O2S2/c1-14-10-15-16-11(20-10)19-7-12(18,9(13)17)8-5-3-2-4-6-8/h2-6,18H,7H2,1H3,(H2,13,17)(H,14,15)/t12-/m1/s1. The molecule has 8 heteroatoms. The van der Waals surface area contributed by atoms with Crippen LogP contribution in [0.5, 0.6) is 0 Å². The smallest absolute Gasteiger partial charge is 0.254 e. The number of nitrogens with two attached hydrogens (primary N) is 1. The molecule has 1 heterocycles. The second-order valence-electron chi connectivity index (χ2n) is 4.00. The molecule has 0 aliphatic carbocycles. The number of carbonyl (C=O) groups excluding carboxylic acids is 1. The number of hydrogen-bond acceptors (Lipinski definition) is 7. The van der Waals surface area contributed by atoms with Gasteiger partial charge in [0.2, 0.25) is 5.13 Å². The van der Waals surface area contributed by atoms with Gasteiger partial charge in [-0.15, -0.1) is 10.2 Å².